The van der Waals surface area contributed by atoms with Gasteiger partial charge in [0.1, 0.15) is 0 Å². The topological polar surface area (TPSA) is 35.2 Å². The highest BCUT2D eigenvalue weighted by Crippen LogP contribution is 2.02. The fourth-order valence-electron chi connectivity index (χ4n) is 0.819. The molecule has 0 aromatic heterocycles. The minimum atomic E-state index is 0.220. The smallest absolute Gasteiger partial charge is 0.0477 e. The van der Waals surface area contributed by atoms with E-state index in [0.717, 1.165) is 25.0 Å². The van der Waals surface area contributed by atoms with Crippen LogP contribution in [-0.4, -0.2) is 19.8 Å². The quantitative estimate of drug-likeness (QED) is 0.589. The van der Waals surface area contributed by atoms with Crippen LogP contribution in [0.15, 0.2) is 12.2 Å². The van der Waals surface area contributed by atoms with Crippen molar-refractivity contribution < 1.29 is 4.74 Å². The van der Waals surface area contributed by atoms with Gasteiger partial charge in [-0.25, -0.2) is 0 Å². The molecule has 1 unspecified atom stereocenters. The Labute approximate surface area is 63.1 Å². The molecule has 2 nitrogen and oxygen atoms in total. The third kappa shape index (κ3) is 5.79. The number of hydrogen-bond donors (Lipinski definition) is 1. The van der Waals surface area contributed by atoms with Crippen molar-refractivity contribution in [3.05, 3.63) is 12.2 Å². The lowest BCUT2D eigenvalue weighted by Crippen LogP contribution is -2.21. The zero-order chi connectivity index (χ0) is 7.98. The summed E-state index contributed by atoms with van der Waals surface area (Å²) in [7, 11) is 1.69. The van der Waals surface area contributed by atoms with Crippen LogP contribution in [-0.2, 0) is 4.74 Å². The minimum absolute atomic E-state index is 0.220. The SMILES string of the molecule is C=C(C)CC(N)CCOC. The third-order valence-corrected chi connectivity index (χ3v) is 1.30. The molecule has 0 saturated heterocycles. The molecule has 0 aliphatic heterocycles. The number of ether oxygens (including phenoxy) is 1. The van der Waals surface area contributed by atoms with Gasteiger partial charge in [-0.2, -0.15) is 0 Å². The van der Waals surface area contributed by atoms with E-state index in [9.17, 15) is 0 Å². The van der Waals surface area contributed by atoms with Gasteiger partial charge in [0.2, 0.25) is 0 Å². The van der Waals surface area contributed by atoms with Gasteiger partial charge in [0.15, 0.2) is 0 Å². The highest BCUT2D eigenvalue weighted by molar-refractivity contribution is 4.91. The first-order valence-corrected chi connectivity index (χ1v) is 3.55. The van der Waals surface area contributed by atoms with E-state index in [2.05, 4.69) is 6.58 Å². The van der Waals surface area contributed by atoms with Gasteiger partial charge >= 0.3 is 0 Å². The average Bonchev–Trinajstić information content (AvgIpc) is 1.82. The van der Waals surface area contributed by atoms with Gasteiger partial charge in [-0.05, 0) is 19.8 Å². The molecule has 10 heavy (non-hydrogen) atoms. The van der Waals surface area contributed by atoms with E-state index < -0.39 is 0 Å². The summed E-state index contributed by atoms with van der Waals surface area (Å²) in [5.41, 5.74) is 6.86. The molecule has 0 rings (SSSR count). The molecule has 0 aromatic carbocycles. The van der Waals surface area contributed by atoms with Crippen molar-refractivity contribution in [1.82, 2.24) is 0 Å². The van der Waals surface area contributed by atoms with Crippen molar-refractivity contribution in [3.63, 3.8) is 0 Å². The van der Waals surface area contributed by atoms with Crippen molar-refractivity contribution in [1.29, 1.82) is 0 Å². The van der Waals surface area contributed by atoms with Gasteiger partial charge < -0.3 is 10.5 Å². The number of methoxy groups -OCH3 is 1. The van der Waals surface area contributed by atoms with E-state index in [1.807, 2.05) is 6.92 Å². The molecule has 2 heteroatoms. The lowest BCUT2D eigenvalue weighted by molar-refractivity contribution is 0.188. The third-order valence-electron chi connectivity index (χ3n) is 1.30. The molecular formula is C8H17NO. The summed E-state index contributed by atoms with van der Waals surface area (Å²) in [5, 5.41) is 0. The van der Waals surface area contributed by atoms with Crippen LogP contribution >= 0.6 is 0 Å². The number of rotatable bonds is 5. The largest absolute Gasteiger partial charge is 0.385 e. The van der Waals surface area contributed by atoms with Crippen LogP contribution in [0.3, 0.4) is 0 Å². The first kappa shape index (κ1) is 9.66. The fourth-order valence-corrected chi connectivity index (χ4v) is 0.819. The predicted molar refractivity (Wildman–Crippen MR) is 43.9 cm³/mol. The van der Waals surface area contributed by atoms with E-state index in [1.165, 1.54) is 0 Å². The molecule has 0 saturated carbocycles. The molecule has 0 bridgehead atoms. The van der Waals surface area contributed by atoms with Gasteiger partial charge in [0.25, 0.3) is 0 Å². The molecule has 0 spiro atoms. The van der Waals surface area contributed by atoms with Gasteiger partial charge in [0, 0.05) is 19.8 Å². The molecular weight excluding hydrogens is 126 g/mol. The number of nitrogens with two attached hydrogens (primary N) is 1. The molecule has 0 amide bonds. The second-order valence-electron chi connectivity index (χ2n) is 2.70. The maximum Gasteiger partial charge on any atom is 0.0477 e. The summed E-state index contributed by atoms with van der Waals surface area (Å²) in [5.74, 6) is 0. The van der Waals surface area contributed by atoms with Crippen molar-refractivity contribution in [2.75, 3.05) is 13.7 Å². The maximum atomic E-state index is 5.72. The summed E-state index contributed by atoms with van der Waals surface area (Å²) < 4.78 is 4.88. The Morgan fingerprint density at radius 1 is 1.70 bits per heavy atom. The van der Waals surface area contributed by atoms with E-state index >= 15 is 0 Å². The van der Waals surface area contributed by atoms with Crippen LogP contribution in [0.2, 0.25) is 0 Å². The number of hydrogen-bond acceptors (Lipinski definition) is 2. The van der Waals surface area contributed by atoms with E-state index in [0.29, 0.717) is 0 Å². The molecule has 0 aliphatic carbocycles. The molecule has 0 aliphatic rings. The van der Waals surface area contributed by atoms with Crippen molar-refractivity contribution in [2.45, 2.75) is 25.8 Å². The standard InChI is InChI=1S/C8H17NO/c1-7(2)6-8(9)4-5-10-3/h8H,1,4-6,9H2,2-3H3. The fraction of sp³-hybridized carbons (Fsp3) is 0.750. The lowest BCUT2D eigenvalue weighted by Gasteiger charge is -2.09. The first-order chi connectivity index (χ1) is 4.66. The summed E-state index contributed by atoms with van der Waals surface area (Å²) in [6.45, 7) is 6.52. The molecule has 0 radical (unpaired) electrons. The van der Waals surface area contributed by atoms with Gasteiger partial charge in [-0.15, -0.1) is 6.58 Å². The van der Waals surface area contributed by atoms with Crippen molar-refractivity contribution >= 4 is 0 Å². The Bertz CT molecular complexity index is 101. The van der Waals surface area contributed by atoms with Crippen LogP contribution < -0.4 is 5.73 Å². The molecule has 1 atom stereocenters. The zero-order valence-electron chi connectivity index (χ0n) is 6.89. The Hall–Kier alpha value is -0.340. The van der Waals surface area contributed by atoms with E-state index in [1.54, 1.807) is 7.11 Å². The minimum Gasteiger partial charge on any atom is -0.385 e. The van der Waals surface area contributed by atoms with Crippen LogP contribution in [0.5, 0.6) is 0 Å². The van der Waals surface area contributed by atoms with Crippen molar-refractivity contribution in [3.8, 4) is 0 Å². The monoisotopic (exact) mass is 143 g/mol. The van der Waals surface area contributed by atoms with Crippen LogP contribution in [0.1, 0.15) is 19.8 Å². The Kier molecular flexibility index (Phi) is 5.26. The summed E-state index contributed by atoms with van der Waals surface area (Å²) in [6, 6.07) is 0.220. The maximum absolute atomic E-state index is 5.72. The summed E-state index contributed by atoms with van der Waals surface area (Å²) in [6.07, 6.45) is 1.83. The van der Waals surface area contributed by atoms with Crippen molar-refractivity contribution in [2.24, 2.45) is 5.73 Å². The van der Waals surface area contributed by atoms with Crippen LogP contribution in [0.25, 0.3) is 0 Å². The summed E-state index contributed by atoms with van der Waals surface area (Å²) >= 11 is 0. The predicted octanol–water partition coefficient (Wildman–Crippen LogP) is 1.32. The Morgan fingerprint density at radius 2 is 2.30 bits per heavy atom. The molecule has 0 heterocycles. The van der Waals surface area contributed by atoms with Gasteiger partial charge in [-0.3, -0.25) is 0 Å². The summed E-state index contributed by atoms with van der Waals surface area (Å²) in [4.78, 5) is 0. The van der Waals surface area contributed by atoms with Crippen LogP contribution in [0, 0.1) is 0 Å². The van der Waals surface area contributed by atoms with Gasteiger partial charge in [-0.1, -0.05) is 5.57 Å². The van der Waals surface area contributed by atoms with Crippen LogP contribution in [0.4, 0.5) is 0 Å². The first-order valence-electron chi connectivity index (χ1n) is 3.55. The highest BCUT2D eigenvalue weighted by atomic mass is 16.5. The molecule has 2 N–H and O–H groups in total. The van der Waals surface area contributed by atoms with Gasteiger partial charge in [0.05, 0.1) is 0 Å². The normalized spacial score (nSPS) is 13.1. The molecule has 0 aromatic rings. The lowest BCUT2D eigenvalue weighted by atomic mass is 10.1. The second kappa shape index (κ2) is 5.45. The molecule has 0 fully saturated rings. The second-order valence-corrected chi connectivity index (χ2v) is 2.70. The average molecular weight is 143 g/mol. The highest BCUT2D eigenvalue weighted by Gasteiger charge is 2.00. The van der Waals surface area contributed by atoms with E-state index in [-0.39, 0.29) is 6.04 Å². The zero-order valence-corrected chi connectivity index (χ0v) is 6.89. The molecule has 60 valence electrons. The van der Waals surface area contributed by atoms with E-state index in [4.69, 9.17) is 10.5 Å². The Morgan fingerprint density at radius 3 is 2.70 bits per heavy atom. The Balaban J connectivity index is 3.25.